The van der Waals surface area contributed by atoms with Gasteiger partial charge < -0.3 is 10.2 Å². The van der Waals surface area contributed by atoms with E-state index < -0.39 is 4.92 Å². The Morgan fingerprint density at radius 1 is 1.39 bits per heavy atom. The molecule has 1 aliphatic rings. The molecule has 0 unspecified atom stereocenters. The standard InChI is InChI=1S/C12H15N3O3/c1-13-11-9(5-4-6-10(11)15(17)18)12(16)14-7-2-3-8-14/h4-6,13H,2-3,7-8H2,1H3. The van der Waals surface area contributed by atoms with Crippen LogP contribution in [0.15, 0.2) is 18.2 Å². The van der Waals surface area contributed by atoms with E-state index in [1.165, 1.54) is 6.07 Å². The number of hydrogen-bond acceptors (Lipinski definition) is 4. The van der Waals surface area contributed by atoms with Gasteiger partial charge in [-0.05, 0) is 18.9 Å². The van der Waals surface area contributed by atoms with Crippen molar-refractivity contribution < 1.29 is 9.72 Å². The molecule has 0 saturated carbocycles. The topological polar surface area (TPSA) is 75.5 Å². The third kappa shape index (κ3) is 2.13. The second-order valence-electron chi connectivity index (χ2n) is 4.21. The SMILES string of the molecule is CNc1c(C(=O)N2CCCC2)cccc1[N+](=O)[O-]. The van der Waals surface area contributed by atoms with Gasteiger partial charge in [-0.2, -0.15) is 0 Å². The number of anilines is 1. The van der Waals surface area contributed by atoms with Crippen molar-refractivity contribution in [3.8, 4) is 0 Å². The summed E-state index contributed by atoms with van der Waals surface area (Å²) in [6.07, 6.45) is 1.99. The highest BCUT2D eigenvalue weighted by Gasteiger charge is 2.25. The molecule has 0 aromatic heterocycles. The van der Waals surface area contributed by atoms with E-state index in [2.05, 4.69) is 5.32 Å². The van der Waals surface area contributed by atoms with E-state index in [-0.39, 0.29) is 11.6 Å². The summed E-state index contributed by atoms with van der Waals surface area (Å²) in [6, 6.07) is 4.56. The van der Waals surface area contributed by atoms with Gasteiger partial charge in [0.15, 0.2) is 0 Å². The predicted molar refractivity (Wildman–Crippen MR) is 67.8 cm³/mol. The number of rotatable bonds is 3. The van der Waals surface area contributed by atoms with Crippen LogP contribution in [0.25, 0.3) is 0 Å². The van der Waals surface area contributed by atoms with Crippen LogP contribution >= 0.6 is 0 Å². The zero-order valence-corrected chi connectivity index (χ0v) is 10.2. The Morgan fingerprint density at radius 3 is 2.61 bits per heavy atom. The lowest BCUT2D eigenvalue weighted by molar-refractivity contribution is -0.384. The third-order valence-corrected chi connectivity index (χ3v) is 3.11. The van der Waals surface area contributed by atoms with Gasteiger partial charge in [-0.15, -0.1) is 0 Å². The number of nitrogens with one attached hydrogen (secondary N) is 1. The lowest BCUT2D eigenvalue weighted by atomic mass is 10.1. The Kier molecular flexibility index (Phi) is 3.45. The second-order valence-corrected chi connectivity index (χ2v) is 4.21. The molecule has 18 heavy (non-hydrogen) atoms. The van der Waals surface area contributed by atoms with Gasteiger partial charge in [-0.1, -0.05) is 6.07 Å². The monoisotopic (exact) mass is 249 g/mol. The van der Waals surface area contributed by atoms with Crippen LogP contribution in [0.1, 0.15) is 23.2 Å². The normalized spacial score (nSPS) is 14.6. The van der Waals surface area contributed by atoms with Crippen LogP contribution in [0.2, 0.25) is 0 Å². The largest absolute Gasteiger partial charge is 0.382 e. The average Bonchev–Trinajstić information content (AvgIpc) is 2.90. The Balaban J connectivity index is 2.40. The van der Waals surface area contributed by atoms with Gasteiger partial charge in [0, 0.05) is 26.2 Å². The van der Waals surface area contributed by atoms with Crippen molar-refractivity contribution in [3.05, 3.63) is 33.9 Å². The summed E-state index contributed by atoms with van der Waals surface area (Å²) >= 11 is 0. The number of para-hydroxylation sites is 1. The van der Waals surface area contributed by atoms with Gasteiger partial charge in [0.25, 0.3) is 11.6 Å². The van der Waals surface area contributed by atoms with Crippen molar-refractivity contribution in [1.29, 1.82) is 0 Å². The van der Waals surface area contributed by atoms with E-state index in [0.717, 1.165) is 25.9 Å². The molecule has 1 N–H and O–H groups in total. The summed E-state index contributed by atoms with van der Waals surface area (Å²) in [5.41, 5.74) is 0.593. The maximum Gasteiger partial charge on any atom is 0.293 e. The summed E-state index contributed by atoms with van der Waals surface area (Å²) in [5, 5.41) is 13.7. The van der Waals surface area contributed by atoms with Crippen molar-refractivity contribution in [2.75, 3.05) is 25.5 Å². The molecule has 6 heteroatoms. The number of nitro groups is 1. The lowest BCUT2D eigenvalue weighted by Crippen LogP contribution is -2.28. The van der Waals surface area contributed by atoms with Crippen molar-refractivity contribution in [2.45, 2.75) is 12.8 Å². The van der Waals surface area contributed by atoms with Crippen LogP contribution in [-0.4, -0.2) is 35.9 Å². The van der Waals surface area contributed by atoms with Crippen LogP contribution in [0, 0.1) is 10.1 Å². The van der Waals surface area contributed by atoms with Gasteiger partial charge >= 0.3 is 0 Å². The number of benzene rings is 1. The number of nitro benzene ring substituents is 1. The summed E-state index contributed by atoms with van der Waals surface area (Å²) in [7, 11) is 1.59. The quantitative estimate of drug-likeness (QED) is 0.655. The molecule has 0 bridgehead atoms. The molecule has 1 heterocycles. The number of carbonyl (C=O) groups is 1. The number of carbonyl (C=O) groups excluding carboxylic acids is 1. The molecule has 0 aliphatic carbocycles. The van der Waals surface area contributed by atoms with Gasteiger partial charge in [0.2, 0.25) is 0 Å². The highest BCUT2D eigenvalue weighted by Crippen LogP contribution is 2.29. The minimum absolute atomic E-state index is 0.0671. The lowest BCUT2D eigenvalue weighted by Gasteiger charge is -2.17. The third-order valence-electron chi connectivity index (χ3n) is 3.11. The molecule has 1 aromatic carbocycles. The summed E-state index contributed by atoms with van der Waals surface area (Å²) in [5.74, 6) is -0.138. The van der Waals surface area contributed by atoms with Gasteiger partial charge in [0.1, 0.15) is 5.69 Å². The molecule has 0 radical (unpaired) electrons. The number of amides is 1. The molecule has 6 nitrogen and oxygen atoms in total. The van der Waals surface area contributed by atoms with E-state index in [1.807, 2.05) is 0 Å². The van der Waals surface area contributed by atoms with E-state index in [1.54, 1.807) is 24.1 Å². The van der Waals surface area contributed by atoms with Crippen LogP contribution in [0.3, 0.4) is 0 Å². The number of likely N-dealkylation sites (tertiary alicyclic amines) is 1. The molecule has 1 saturated heterocycles. The fraction of sp³-hybridized carbons (Fsp3) is 0.417. The van der Waals surface area contributed by atoms with Crippen molar-refractivity contribution in [3.63, 3.8) is 0 Å². The Hall–Kier alpha value is -2.11. The van der Waals surface area contributed by atoms with E-state index >= 15 is 0 Å². The first kappa shape index (κ1) is 12.3. The van der Waals surface area contributed by atoms with Crippen molar-refractivity contribution >= 4 is 17.3 Å². The van der Waals surface area contributed by atoms with Gasteiger partial charge in [-0.3, -0.25) is 14.9 Å². The van der Waals surface area contributed by atoms with E-state index in [4.69, 9.17) is 0 Å². The predicted octanol–water partition coefficient (Wildman–Crippen LogP) is 1.87. The Bertz CT molecular complexity index is 481. The van der Waals surface area contributed by atoms with Crippen LogP contribution in [-0.2, 0) is 0 Å². The molecule has 1 aliphatic heterocycles. The van der Waals surface area contributed by atoms with E-state index in [9.17, 15) is 14.9 Å². The highest BCUT2D eigenvalue weighted by molar-refractivity contribution is 6.01. The maximum atomic E-state index is 12.3. The fourth-order valence-electron chi connectivity index (χ4n) is 2.22. The van der Waals surface area contributed by atoms with Crippen LogP contribution < -0.4 is 5.32 Å². The molecular formula is C12H15N3O3. The smallest absolute Gasteiger partial charge is 0.293 e. The van der Waals surface area contributed by atoms with Gasteiger partial charge in [0.05, 0.1) is 10.5 Å². The molecule has 1 aromatic rings. The minimum Gasteiger partial charge on any atom is -0.382 e. The first-order valence-corrected chi connectivity index (χ1v) is 5.89. The first-order valence-electron chi connectivity index (χ1n) is 5.89. The van der Waals surface area contributed by atoms with Crippen molar-refractivity contribution in [2.24, 2.45) is 0 Å². The molecule has 1 fully saturated rings. The Labute approximate surface area is 105 Å². The van der Waals surface area contributed by atoms with Crippen LogP contribution in [0.4, 0.5) is 11.4 Å². The molecule has 96 valence electrons. The average molecular weight is 249 g/mol. The second kappa shape index (κ2) is 5.03. The van der Waals surface area contributed by atoms with Crippen molar-refractivity contribution in [1.82, 2.24) is 4.90 Å². The molecule has 1 amide bonds. The number of nitrogens with zero attached hydrogens (tertiary/aromatic N) is 2. The number of hydrogen-bond donors (Lipinski definition) is 1. The highest BCUT2D eigenvalue weighted by atomic mass is 16.6. The minimum atomic E-state index is -0.480. The summed E-state index contributed by atoms with van der Waals surface area (Å²) < 4.78 is 0. The Morgan fingerprint density at radius 2 is 2.06 bits per heavy atom. The summed E-state index contributed by atoms with van der Waals surface area (Å²) in [4.78, 5) is 24.4. The maximum absolute atomic E-state index is 12.3. The molecule has 0 spiro atoms. The molecule has 2 rings (SSSR count). The zero-order chi connectivity index (χ0) is 13.1. The molecular weight excluding hydrogens is 234 g/mol. The van der Waals surface area contributed by atoms with Gasteiger partial charge in [-0.25, -0.2) is 0 Å². The van der Waals surface area contributed by atoms with E-state index in [0.29, 0.717) is 11.3 Å². The first-order chi connectivity index (χ1) is 8.65. The van der Waals surface area contributed by atoms with Crippen LogP contribution in [0.5, 0.6) is 0 Å². The fourth-order valence-corrected chi connectivity index (χ4v) is 2.22. The zero-order valence-electron chi connectivity index (χ0n) is 10.2. The summed E-state index contributed by atoms with van der Waals surface area (Å²) in [6.45, 7) is 1.45. The molecule has 0 atom stereocenters.